The Hall–Kier alpha value is -1.20. The highest BCUT2D eigenvalue weighted by molar-refractivity contribution is 7.92. The van der Waals surface area contributed by atoms with E-state index in [0.29, 0.717) is 16.3 Å². The lowest BCUT2D eigenvalue weighted by molar-refractivity contribution is -0.136. The van der Waals surface area contributed by atoms with E-state index in [4.69, 9.17) is 23.2 Å². The van der Waals surface area contributed by atoms with Gasteiger partial charge in [0.25, 0.3) is 0 Å². The summed E-state index contributed by atoms with van der Waals surface area (Å²) in [6.07, 6.45) is 3.90. The summed E-state index contributed by atoms with van der Waals surface area (Å²) in [7, 11) is 0. The fourth-order valence-corrected chi connectivity index (χ4v) is 4.09. The first-order chi connectivity index (χ1) is 12.0. The standard InChI is InChI=1S/C19H20Cl2O3S/c20-15-8-6-14(7-9-15)4-2-1-3-5-18(19(22)23)25(24)17-12-10-16(21)11-13-17/h6-13,18H,1-5H2,(H,22,23). The minimum atomic E-state index is -1.58. The summed E-state index contributed by atoms with van der Waals surface area (Å²) in [6.45, 7) is 0. The predicted molar refractivity (Wildman–Crippen MR) is 103 cm³/mol. The van der Waals surface area contributed by atoms with Crippen LogP contribution in [0.3, 0.4) is 0 Å². The molecule has 0 aliphatic heterocycles. The van der Waals surface area contributed by atoms with Crippen LogP contribution in [0.1, 0.15) is 31.2 Å². The highest BCUT2D eigenvalue weighted by Gasteiger charge is 2.31. The van der Waals surface area contributed by atoms with Gasteiger partial charge in [0.1, 0.15) is 0 Å². The fraction of sp³-hybridized carbons (Fsp3) is 0.316. The summed E-state index contributed by atoms with van der Waals surface area (Å²) >= 11 is 10.1. The molecule has 2 atom stereocenters. The van der Waals surface area contributed by atoms with Crippen molar-refractivity contribution < 1.29 is 14.5 Å². The van der Waals surface area contributed by atoms with E-state index in [-0.39, 0.29) is 0 Å². The minimum Gasteiger partial charge on any atom is -0.611 e. The lowest BCUT2D eigenvalue weighted by atomic mass is 10.1. The Morgan fingerprint density at radius 1 is 0.960 bits per heavy atom. The van der Waals surface area contributed by atoms with Crippen molar-refractivity contribution in [2.75, 3.05) is 0 Å². The molecule has 0 bridgehead atoms. The van der Waals surface area contributed by atoms with Gasteiger partial charge in [0.05, 0.1) is 0 Å². The Kier molecular flexibility index (Phi) is 8.10. The number of hydrogen-bond acceptors (Lipinski definition) is 2. The van der Waals surface area contributed by atoms with Gasteiger partial charge in [-0.1, -0.05) is 41.8 Å². The Labute approximate surface area is 161 Å². The summed E-state index contributed by atoms with van der Waals surface area (Å²) in [5.74, 6) is -1.02. The molecule has 0 aliphatic carbocycles. The van der Waals surface area contributed by atoms with Crippen LogP contribution in [-0.2, 0) is 22.4 Å². The van der Waals surface area contributed by atoms with Crippen LogP contribution in [0.25, 0.3) is 0 Å². The van der Waals surface area contributed by atoms with Gasteiger partial charge in [0, 0.05) is 16.5 Å². The van der Waals surface area contributed by atoms with Crippen molar-refractivity contribution in [1.82, 2.24) is 0 Å². The van der Waals surface area contributed by atoms with E-state index < -0.39 is 22.4 Å². The molecule has 0 radical (unpaired) electrons. The molecule has 0 saturated heterocycles. The van der Waals surface area contributed by atoms with E-state index in [0.717, 1.165) is 30.7 Å². The number of unbranched alkanes of at least 4 members (excludes halogenated alkanes) is 2. The van der Waals surface area contributed by atoms with Crippen LogP contribution in [0.2, 0.25) is 10.0 Å². The first-order valence-electron chi connectivity index (χ1n) is 8.11. The van der Waals surface area contributed by atoms with Gasteiger partial charge in [0.15, 0.2) is 4.90 Å². The van der Waals surface area contributed by atoms with Gasteiger partial charge in [-0.05, 0) is 72.4 Å². The lowest BCUT2D eigenvalue weighted by Crippen LogP contribution is -2.30. The van der Waals surface area contributed by atoms with Gasteiger partial charge in [-0.3, -0.25) is 0 Å². The molecule has 1 N–H and O–H groups in total. The van der Waals surface area contributed by atoms with E-state index in [1.165, 1.54) is 5.56 Å². The first kappa shape index (κ1) is 20.1. The summed E-state index contributed by atoms with van der Waals surface area (Å²) in [4.78, 5) is 12.0. The molecule has 2 aromatic rings. The van der Waals surface area contributed by atoms with Crippen molar-refractivity contribution in [3.8, 4) is 0 Å². The average molecular weight is 399 g/mol. The number of benzene rings is 2. The second-order valence-electron chi connectivity index (χ2n) is 5.80. The van der Waals surface area contributed by atoms with Gasteiger partial charge >= 0.3 is 5.97 Å². The first-order valence-corrected chi connectivity index (χ1v) is 10.1. The van der Waals surface area contributed by atoms with Gasteiger partial charge in [0.2, 0.25) is 5.25 Å². The molecular formula is C19H20Cl2O3S. The fourth-order valence-electron chi connectivity index (χ4n) is 2.54. The number of aliphatic carboxylic acids is 1. The molecule has 0 fully saturated rings. The SMILES string of the molecule is O=C(O)C(CCCCCc1ccc(Cl)cc1)[S+]([O-])c1ccc(Cl)cc1. The van der Waals surface area contributed by atoms with Crippen LogP contribution in [0, 0.1) is 0 Å². The second-order valence-corrected chi connectivity index (χ2v) is 8.31. The van der Waals surface area contributed by atoms with Crippen LogP contribution < -0.4 is 0 Å². The van der Waals surface area contributed by atoms with E-state index in [1.54, 1.807) is 24.3 Å². The van der Waals surface area contributed by atoms with Crippen molar-refractivity contribution >= 4 is 40.3 Å². The highest BCUT2D eigenvalue weighted by Crippen LogP contribution is 2.23. The molecular weight excluding hydrogens is 379 g/mol. The van der Waals surface area contributed by atoms with Gasteiger partial charge < -0.3 is 9.66 Å². The molecule has 2 unspecified atom stereocenters. The predicted octanol–water partition coefficient (Wildman–Crippen LogP) is 5.36. The van der Waals surface area contributed by atoms with Gasteiger partial charge in [-0.15, -0.1) is 0 Å². The number of halogens is 2. The maximum atomic E-state index is 12.5. The van der Waals surface area contributed by atoms with Crippen LogP contribution >= 0.6 is 23.2 Å². The highest BCUT2D eigenvalue weighted by atomic mass is 35.5. The maximum absolute atomic E-state index is 12.5. The monoisotopic (exact) mass is 398 g/mol. The van der Waals surface area contributed by atoms with Crippen molar-refractivity contribution in [2.24, 2.45) is 0 Å². The number of hydrogen-bond donors (Lipinski definition) is 1. The average Bonchev–Trinajstić information content (AvgIpc) is 2.59. The third-order valence-electron chi connectivity index (χ3n) is 3.92. The summed E-state index contributed by atoms with van der Waals surface area (Å²) < 4.78 is 12.5. The zero-order valence-electron chi connectivity index (χ0n) is 13.7. The third-order valence-corrected chi connectivity index (χ3v) is 6.12. The molecule has 0 spiro atoms. The molecule has 6 heteroatoms. The summed E-state index contributed by atoms with van der Waals surface area (Å²) in [6, 6.07) is 14.2. The topological polar surface area (TPSA) is 60.4 Å². The number of carboxylic acid groups (broad SMARTS) is 1. The molecule has 0 aliphatic rings. The zero-order chi connectivity index (χ0) is 18.2. The van der Waals surface area contributed by atoms with Gasteiger partial charge in [-0.25, -0.2) is 4.79 Å². The smallest absolute Gasteiger partial charge is 0.357 e. The molecule has 3 nitrogen and oxygen atoms in total. The Morgan fingerprint density at radius 2 is 1.52 bits per heavy atom. The Bertz CT molecular complexity index is 674. The molecule has 25 heavy (non-hydrogen) atoms. The van der Waals surface area contributed by atoms with E-state index in [2.05, 4.69) is 0 Å². The van der Waals surface area contributed by atoms with Crippen molar-refractivity contribution in [3.63, 3.8) is 0 Å². The number of rotatable bonds is 9. The van der Waals surface area contributed by atoms with E-state index in [1.807, 2.05) is 24.3 Å². The number of aryl methyl sites for hydroxylation is 1. The molecule has 2 aromatic carbocycles. The number of carboxylic acids is 1. The van der Waals surface area contributed by atoms with E-state index >= 15 is 0 Å². The third kappa shape index (κ3) is 6.55. The molecule has 0 aromatic heterocycles. The zero-order valence-corrected chi connectivity index (χ0v) is 16.0. The second kappa shape index (κ2) is 10.1. The van der Waals surface area contributed by atoms with Crippen molar-refractivity contribution in [3.05, 3.63) is 64.1 Å². The molecule has 0 heterocycles. The lowest BCUT2D eigenvalue weighted by Gasteiger charge is -2.18. The molecule has 0 saturated carbocycles. The van der Waals surface area contributed by atoms with Crippen molar-refractivity contribution in [1.29, 1.82) is 0 Å². The normalized spacial score (nSPS) is 13.4. The van der Waals surface area contributed by atoms with E-state index in [9.17, 15) is 14.5 Å². The van der Waals surface area contributed by atoms with Crippen molar-refractivity contribution in [2.45, 2.75) is 42.2 Å². The maximum Gasteiger partial charge on any atom is 0.357 e. The van der Waals surface area contributed by atoms with Crippen LogP contribution in [0.15, 0.2) is 53.4 Å². The summed E-state index contributed by atoms with van der Waals surface area (Å²) in [5.41, 5.74) is 1.21. The van der Waals surface area contributed by atoms with Crippen LogP contribution in [0.4, 0.5) is 0 Å². The number of carbonyl (C=O) groups is 1. The minimum absolute atomic E-state index is 0.394. The quantitative estimate of drug-likeness (QED) is 0.456. The van der Waals surface area contributed by atoms with Gasteiger partial charge in [-0.2, -0.15) is 0 Å². The summed E-state index contributed by atoms with van der Waals surface area (Å²) in [5, 5.41) is 9.75. The Balaban J connectivity index is 1.80. The molecule has 0 amide bonds. The largest absolute Gasteiger partial charge is 0.611 e. The van der Waals surface area contributed by atoms with Crippen LogP contribution in [0.5, 0.6) is 0 Å². The molecule has 134 valence electrons. The Morgan fingerprint density at radius 3 is 2.08 bits per heavy atom. The van der Waals surface area contributed by atoms with Crippen LogP contribution in [-0.4, -0.2) is 20.9 Å². The molecule has 2 rings (SSSR count).